The molecule has 67 heavy (non-hydrogen) atoms. The summed E-state index contributed by atoms with van der Waals surface area (Å²) in [5.74, 6) is -2.28. The maximum absolute atomic E-state index is 12.8. The van der Waals surface area contributed by atoms with Gasteiger partial charge in [-0.3, -0.25) is 22.8 Å². The van der Waals surface area contributed by atoms with Crippen LogP contribution in [-0.2, 0) is 79.2 Å². The predicted molar refractivity (Wildman–Crippen MR) is 227 cm³/mol. The molecule has 0 aromatic heterocycles. The van der Waals surface area contributed by atoms with Crippen molar-refractivity contribution in [1.82, 2.24) is 0 Å². The SMILES string of the molecule is CNc1c(/N=N/c2ccc(OC)cc2S(=O)(=O)O)cc(/N=N/c2ccc(S(=O)(=O)CCOS(=O)(=O)O)cc2S(=O)(=O)O)c(N)c1N=Nc1ccc(S(=O)(=O)CCOS(=O)(=O)O)cc1S(=O)(=O)O. The van der Waals surface area contributed by atoms with E-state index in [0.717, 1.165) is 42.5 Å². The molecule has 0 unspecified atom stereocenters. The van der Waals surface area contributed by atoms with Crippen LogP contribution in [0.5, 0.6) is 5.75 Å². The van der Waals surface area contributed by atoms with Crippen LogP contribution in [0.15, 0.2) is 116 Å². The first-order chi connectivity index (χ1) is 30.7. The number of ether oxygens (including phenoxy) is 1. The van der Waals surface area contributed by atoms with E-state index < -0.39 is 160 Å². The van der Waals surface area contributed by atoms with Crippen molar-refractivity contribution >= 4 is 116 Å². The number of azo groups is 3. The Hall–Kier alpha value is -5.55. The lowest BCUT2D eigenvalue weighted by Crippen LogP contribution is -2.16. The van der Waals surface area contributed by atoms with Gasteiger partial charge in [0.1, 0.15) is 54.6 Å². The van der Waals surface area contributed by atoms with Gasteiger partial charge in [-0.1, -0.05) is 0 Å². The van der Waals surface area contributed by atoms with Crippen LogP contribution in [-0.4, -0.2) is 121 Å². The summed E-state index contributed by atoms with van der Waals surface area (Å²) in [7, 11) is -32.6. The number of rotatable bonds is 21. The van der Waals surface area contributed by atoms with Gasteiger partial charge in [-0.15, -0.1) is 30.7 Å². The van der Waals surface area contributed by atoms with Crippen LogP contribution >= 0.6 is 0 Å². The molecule has 0 aliphatic carbocycles. The molecule has 0 saturated heterocycles. The summed E-state index contributed by atoms with van der Waals surface area (Å²) >= 11 is 0. The number of sulfone groups is 2. The van der Waals surface area contributed by atoms with Gasteiger partial charge in [0.15, 0.2) is 19.7 Å². The van der Waals surface area contributed by atoms with Gasteiger partial charge < -0.3 is 15.8 Å². The highest BCUT2D eigenvalue weighted by Crippen LogP contribution is 2.48. The Bertz CT molecular complexity index is 3510. The minimum absolute atomic E-state index is 0.0394. The molecular formula is C30H32N8O22S7. The van der Waals surface area contributed by atoms with Gasteiger partial charge in [-0.05, 0) is 54.6 Å². The quantitative estimate of drug-likeness (QED) is 0.0356. The van der Waals surface area contributed by atoms with Crippen LogP contribution in [0.3, 0.4) is 0 Å². The Morgan fingerprint density at radius 3 is 1.27 bits per heavy atom. The highest BCUT2D eigenvalue weighted by molar-refractivity contribution is 7.92. The fourth-order valence-electron chi connectivity index (χ4n) is 5.09. The first-order valence-electron chi connectivity index (χ1n) is 17.1. The molecular weight excluding hydrogens is 1050 g/mol. The number of anilines is 2. The van der Waals surface area contributed by atoms with E-state index in [9.17, 15) is 72.6 Å². The summed E-state index contributed by atoms with van der Waals surface area (Å²) < 4.78 is 229. The van der Waals surface area contributed by atoms with Crippen molar-refractivity contribution in [2.24, 2.45) is 30.7 Å². The van der Waals surface area contributed by atoms with Gasteiger partial charge in [-0.25, -0.2) is 25.2 Å². The number of nitrogens with two attached hydrogens (primary N) is 1. The summed E-state index contributed by atoms with van der Waals surface area (Å²) in [6.45, 7) is -2.22. The van der Waals surface area contributed by atoms with E-state index in [1.165, 1.54) is 20.2 Å². The number of nitrogens with zero attached hydrogens (tertiary/aromatic N) is 6. The lowest BCUT2D eigenvalue weighted by Gasteiger charge is -2.13. The Kier molecular flexibility index (Phi) is 16.4. The van der Waals surface area contributed by atoms with Crippen LogP contribution in [0, 0.1) is 0 Å². The first-order valence-corrected chi connectivity index (χ1v) is 27.5. The van der Waals surface area contributed by atoms with Crippen LogP contribution in [0.4, 0.5) is 45.5 Å². The molecule has 0 aliphatic rings. The van der Waals surface area contributed by atoms with Crippen molar-refractivity contribution in [3.63, 3.8) is 0 Å². The molecule has 0 aliphatic heterocycles. The Morgan fingerprint density at radius 2 is 0.881 bits per heavy atom. The normalized spacial score (nSPS) is 13.5. The highest BCUT2D eigenvalue weighted by Gasteiger charge is 2.26. The molecule has 0 spiro atoms. The topological polar surface area (TPSA) is 480 Å². The second-order valence-corrected chi connectivity index (χ2v) is 23.1. The van der Waals surface area contributed by atoms with Crippen molar-refractivity contribution in [2.75, 3.05) is 49.9 Å². The number of benzene rings is 4. The van der Waals surface area contributed by atoms with Gasteiger partial charge in [0.05, 0.1) is 53.0 Å². The molecule has 0 fully saturated rings. The van der Waals surface area contributed by atoms with Gasteiger partial charge in [0, 0.05) is 13.1 Å². The van der Waals surface area contributed by atoms with Crippen molar-refractivity contribution in [2.45, 2.75) is 24.5 Å². The van der Waals surface area contributed by atoms with E-state index in [1.54, 1.807) is 0 Å². The Labute approximate surface area is 380 Å². The molecule has 8 N–H and O–H groups in total. The average molecular weight is 1080 g/mol. The largest absolute Gasteiger partial charge is 0.497 e. The zero-order valence-corrected chi connectivity index (χ0v) is 39.1. The molecule has 0 heterocycles. The van der Waals surface area contributed by atoms with E-state index in [2.05, 4.69) is 44.4 Å². The van der Waals surface area contributed by atoms with Crippen molar-refractivity contribution in [3.8, 4) is 5.75 Å². The monoisotopic (exact) mass is 1080 g/mol. The highest BCUT2D eigenvalue weighted by atomic mass is 32.3. The third kappa shape index (κ3) is 14.7. The van der Waals surface area contributed by atoms with E-state index in [-0.39, 0.29) is 11.4 Å². The minimum atomic E-state index is -5.37. The molecule has 4 aromatic carbocycles. The summed E-state index contributed by atoms with van der Waals surface area (Å²) in [5, 5.41) is 25.7. The minimum Gasteiger partial charge on any atom is -0.497 e. The fraction of sp³-hybridized carbons (Fsp3) is 0.200. The van der Waals surface area contributed by atoms with Crippen LogP contribution in [0.1, 0.15) is 0 Å². The number of methoxy groups -OCH3 is 1. The Balaban J connectivity index is 1.96. The molecule has 4 aromatic rings. The average Bonchev–Trinajstić information content (AvgIpc) is 3.19. The molecule has 0 saturated carbocycles. The number of hydrogen-bond acceptors (Lipinski definition) is 25. The molecule has 0 radical (unpaired) electrons. The Morgan fingerprint density at radius 1 is 0.507 bits per heavy atom. The van der Waals surface area contributed by atoms with Crippen LogP contribution < -0.4 is 15.8 Å². The molecule has 30 nitrogen and oxygen atoms in total. The number of nitrogen functional groups attached to an aromatic ring is 1. The zero-order chi connectivity index (χ0) is 50.6. The molecule has 0 atom stereocenters. The van der Waals surface area contributed by atoms with E-state index in [4.69, 9.17) is 19.6 Å². The van der Waals surface area contributed by atoms with Gasteiger partial charge >= 0.3 is 20.8 Å². The molecule has 0 amide bonds. The molecule has 366 valence electrons. The maximum Gasteiger partial charge on any atom is 0.397 e. The maximum atomic E-state index is 12.8. The van der Waals surface area contributed by atoms with Crippen LogP contribution in [0.2, 0.25) is 0 Å². The predicted octanol–water partition coefficient (Wildman–Crippen LogP) is 3.49. The summed E-state index contributed by atoms with van der Waals surface area (Å²) in [5.41, 5.74) is 1.90. The van der Waals surface area contributed by atoms with Gasteiger partial charge in [0.2, 0.25) is 0 Å². The van der Waals surface area contributed by atoms with E-state index in [1.807, 2.05) is 0 Å². The molecule has 37 heteroatoms. The molecule has 4 rings (SSSR count). The van der Waals surface area contributed by atoms with Crippen LogP contribution in [0.25, 0.3) is 0 Å². The van der Waals surface area contributed by atoms with Gasteiger partial charge in [-0.2, -0.15) is 42.1 Å². The van der Waals surface area contributed by atoms with Crippen molar-refractivity contribution in [1.29, 1.82) is 0 Å². The van der Waals surface area contributed by atoms with Crippen molar-refractivity contribution < 1.29 is 94.8 Å². The lowest BCUT2D eigenvalue weighted by atomic mass is 10.1. The second kappa shape index (κ2) is 20.4. The molecule has 0 bridgehead atoms. The lowest BCUT2D eigenvalue weighted by molar-refractivity contribution is 0.282. The standard InChI is InChI=1S/C30H32N8O22S7/c1-32-29-24(37-34-20-6-3-17(58-2)13-25(20)63(43,44)45)16-23(36-33-21-7-4-18(14-26(21)64(46,47)48)61(39,40)11-9-59-66(52,53)54)28(31)30(29)38-35-22-8-5-19(15-27(22)65(49,50)51)62(41,42)12-10-60-67(55,56)57/h3-8,13-16,32H,9-12,31H2,1-2H3,(H,43,44,45)(H,46,47,48)(H,49,50,51)(H,52,53,54)(H,55,56,57)/b36-33+,37-34+,38-35?. The summed E-state index contributed by atoms with van der Waals surface area (Å²) in [6, 6.07) is 7.95. The first kappa shape index (κ1) is 54.1. The summed E-state index contributed by atoms with van der Waals surface area (Å²) in [4.78, 5) is -4.82. The van der Waals surface area contributed by atoms with E-state index in [0.29, 0.717) is 12.1 Å². The second-order valence-electron chi connectivity index (χ2n) is 12.6. The number of nitrogens with one attached hydrogen (secondary N) is 1. The third-order valence-electron chi connectivity index (χ3n) is 8.09. The smallest absolute Gasteiger partial charge is 0.397 e. The summed E-state index contributed by atoms with van der Waals surface area (Å²) in [6.07, 6.45) is 0. The fourth-order valence-corrected chi connectivity index (χ4v) is 10.2. The van der Waals surface area contributed by atoms with E-state index >= 15 is 0 Å². The van der Waals surface area contributed by atoms with Crippen molar-refractivity contribution in [3.05, 3.63) is 60.7 Å². The van der Waals surface area contributed by atoms with Gasteiger partial charge in [0.25, 0.3) is 30.4 Å². The third-order valence-corrected chi connectivity index (χ3v) is 15.0. The number of hydrogen-bond donors (Lipinski definition) is 7. The zero-order valence-electron chi connectivity index (χ0n) is 33.4.